The van der Waals surface area contributed by atoms with E-state index in [-0.39, 0.29) is 11.0 Å². The second kappa shape index (κ2) is 5.13. The largest absolute Gasteiger partial charge is 0.298 e. The lowest BCUT2D eigenvalue weighted by Crippen LogP contribution is -2.19. The first kappa shape index (κ1) is 12.5. The van der Waals surface area contributed by atoms with E-state index in [4.69, 9.17) is 0 Å². The number of ketones is 1. The topological polar surface area (TPSA) is 34.1 Å². The Morgan fingerprint density at radius 3 is 2.35 bits per heavy atom. The van der Waals surface area contributed by atoms with E-state index in [0.29, 0.717) is 12.3 Å². The van der Waals surface area contributed by atoms with Crippen LogP contribution in [0, 0.1) is 0 Å². The van der Waals surface area contributed by atoms with Gasteiger partial charge < -0.3 is 0 Å². The average molecular weight is 250 g/mol. The van der Waals surface area contributed by atoms with Gasteiger partial charge in [-0.25, -0.2) is 0 Å². The summed E-state index contributed by atoms with van der Waals surface area (Å²) >= 11 is 0. The summed E-state index contributed by atoms with van der Waals surface area (Å²) in [5.74, 6) is 0.641. The Bertz CT molecular complexity index is 434. The minimum Gasteiger partial charge on any atom is -0.298 e. The summed E-state index contributed by atoms with van der Waals surface area (Å²) in [6.45, 7) is 4.26. The third-order valence-electron chi connectivity index (χ3n) is 3.29. The van der Waals surface area contributed by atoms with Crippen LogP contribution in [0.1, 0.15) is 44.6 Å². The Morgan fingerprint density at radius 1 is 1.24 bits per heavy atom. The summed E-state index contributed by atoms with van der Waals surface area (Å²) in [7, 11) is -1.16. The molecule has 2 unspecified atom stereocenters. The smallest absolute Gasteiger partial charge is 0.148 e. The number of Topliss-reactive ketones (excluding diaryl/α,β-unsaturated/α-hetero) is 1. The van der Waals surface area contributed by atoms with Crippen LogP contribution in [-0.4, -0.2) is 15.2 Å². The first-order valence-electron chi connectivity index (χ1n) is 6.13. The monoisotopic (exact) mass is 250 g/mol. The molecular weight excluding hydrogens is 232 g/mol. The van der Waals surface area contributed by atoms with Crippen LogP contribution in [0.5, 0.6) is 0 Å². The first-order chi connectivity index (χ1) is 8.09. The van der Waals surface area contributed by atoms with Crippen LogP contribution in [0.25, 0.3) is 0 Å². The molecule has 92 valence electrons. The highest BCUT2D eigenvalue weighted by atomic mass is 32.2. The molecule has 0 aromatic heterocycles. The van der Waals surface area contributed by atoms with E-state index in [1.165, 1.54) is 5.56 Å². The van der Waals surface area contributed by atoms with Gasteiger partial charge in [-0.15, -0.1) is 0 Å². The van der Waals surface area contributed by atoms with Crippen LogP contribution in [0.3, 0.4) is 0 Å². The van der Waals surface area contributed by atoms with Crippen LogP contribution in [0.15, 0.2) is 29.2 Å². The molecule has 0 bridgehead atoms. The zero-order valence-electron chi connectivity index (χ0n) is 10.3. The molecule has 2 rings (SSSR count). The molecule has 0 N–H and O–H groups in total. The van der Waals surface area contributed by atoms with Gasteiger partial charge in [-0.1, -0.05) is 26.0 Å². The molecule has 0 amide bonds. The molecule has 0 heterocycles. The Hall–Kier alpha value is -0.960. The Balaban J connectivity index is 2.17. The van der Waals surface area contributed by atoms with Gasteiger partial charge in [-0.2, -0.15) is 0 Å². The quantitative estimate of drug-likeness (QED) is 0.826. The zero-order valence-corrected chi connectivity index (χ0v) is 11.1. The minimum absolute atomic E-state index is 0.163. The Morgan fingerprint density at radius 2 is 1.88 bits per heavy atom. The highest BCUT2D eigenvalue weighted by molar-refractivity contribution is 7.86. The van der Waals surface area contributed by atoms with Crippen molar-refractivity contribution in [1.82, 2.24) is 0 Å². The molecule has 1 aromatic carbocycles. The van der Waals surface area contributed by atoms with E-state index in [9.17, 15) is 9.00 Å². The lowest BCUT2D eigenvalue weighted by molar-refractivity contribution is -0.117. The number of hydrogen-bond acceptors (Lipinski definition) is 2. The minimum atomic E-state index is -1.16. The van der Waals surface area contributed by atoms with Crippen molar-refractivity contribution in [2.75, 3.05) is 0 Å². The number of hydrogen-bond donors (Lipinski definition) is 0. The fourth-order valence-corrected chi connectivity index (χ4v) is 3.63. The maximum atomic E-state index is 12.2. The van der Waals surface area contributed by atoms with Gasteiger partial charge in [0.05, 0.1) is 16.0 Å². The lowest BCUT2D eigenvalue weighted by atomic mass is 10.0. The SMILES string of the molecule is CC(C)c1ccc(S(=O)C2CCCC2=O)cc1. The second-order valence-corrected chi connectivity index (χ2v) is 6.50. The molecule has 1 aliphatic carbocycles. The van der Waals surface area contributed by atoms with Gasteiger partial charge in [0, 0.05) is 11.3 Å². The van der Waals surface area contributed by atoms with Crippen LogP contribution in [-0.2, 0) is 15.6 Å². The van der Waals surface area contributed by atoms with Gasteiger partial charge in [0.2, 0.25) is 0 Å². The average Bonchev–Trinajstić information content (AvgIpc) is 2.74. The van der Waals surface area contributed by atoms with E-state index in [1.807, 2.05) is 24.3 Å². The van der Waals surface area contributed by atoms with Crippen molar-refractivity contribution in [3.8, 4) is 0 Å². The van der Waals surface area contributed by atoms with E-state index in [2.05, 4.69) is 13.8 Å². The van der Waals surface area contributed by atoms with E-state index < -0.39 is 10.8 Å². The number of carbonyl (C=O) groups excluding carboxylic acids is 1. The lowest BCUT2D eigenvalue weighted by Gasteiger charge is -2.10. The number of carbonyl (C=O) groups is 1. The number of benzene rings is 1. The van der Waals surface area contributed by atoms with Gasteiger partial charge in [0.25, 0.3) is 0 Å². The summed E-state index contributed by atoms with van der Waals surface area (Å²) in [4.78, 5) is 12.4. The summed E-state index contributed by atoms with van der Waals surface area (Å²) in [5, 5.41) is -0.264. The second-order valence-electron chi connectivity index (χ2n) is 4.87. The highest BCUT2D eigenvalue weighted by Gasteiger charge is 2.30. The van der Waals surface area contributed by atoms with Crippen molar-refractivity contribution < 1.29 is 9.00 Å². The Labute approximate surface area is 105 Å². The fourth-order valence-electron chi connectivity index (χ4n) is 2.16. The molecule has 0 saturated heterocycles. The molecule has 3 heteroatoms. The molecule has 0 spiro atoms. The van der Waals surface area contributed by atoms with Crippen molar-refractivity contribution >= 4 is 16.6 Å². The first-order valence-corrected chi connectivity index (χ1v) is 7.34. The predicted octanol–water partition coefficient (Wildman–Crippen LogP) is 3.04. The summed E-state index contributed by atoms with van der Waals surface area (Å²) in [6, 6.07) is 7.82. The van der Waals surface area contributed by atoms with Crippen molar-refractivity contribution in [3.63, 3.8) is 0 Å². The molecule has 0 radical (unpaired) electrons. The molecule has 0 aliphatic heterocycles. The molecule has 1 saturated carbocycles. The van der Waals surface area contributed by atoms with Gasteiger partial charge in [-0.3, -0.25) is 9.00 Å². The van der Waals surface area contributed by atoms with E-state index in [0.717, 1.165) is 17.7 Å². The van der Waals surface area contributed by atoms with Crippen molar-refractivity contribution in [2.45, 2.75) is 49.2 Å². The zero-order chi connectivity index (χ0) is 12.4. The summed E-state index contributed by atoms with van der Waals surface area (Å²) < 4.78 is 12.2. The van der Waals surface area contributed by atoms with Crippen LogP contribution < -0.4 is 0 Å². The molecule has 1 aliphatic rings. The molecule has 1 aromatic rings. The van der Waals surface area contributed by atoms with Crippen molar-refractivity contribution in [2.24, 2.45) is 0 Å². The van der Waals surface area contributed by atoms with Crippen LogP contribution in [0.2, 0.25) is 0 Å². The molecule has 17 heavy (non-hydrogen) atoms. The number of rotatable bonds is 3. The third kappa shape index (κ3) is 2.65. The molecule has 2 nitrogen and oxygen atoms in total. The Kier molecular flexibility index (Phi) is 3.77. The van der Waals surface area contributed by atoms with Gasteiger partial charge >= 0.3 is 0 Å². The van der Waals surface area contributed by atoms with Crippen molar-refractivity contribution in [1.29, 1.82) is 0 Å². The predicted molar refractivity (Wildman–Crippen MR) is 69.6 cm³/mol. The van der Waals surface area contributed by atoms with Crippen LogP contribution >= 0.6 is 0 Å². The van der Waals surface area contributed by atoms with E-state index in [1.54, 1.807) is 0 Å². The standard InChI is InChI=1S/C14H18O2S/c1-10(2)11-6-8-12(9-7-11)17(16)14-5-3-4-13(14)15/h6-10,14H,3-5H2,1-2H3. The van der Waals surface area contributed by atoms with Crippen molar-refractivity contribution in [3.05, 3.63) is 29.8 Å². The molecule has 2 atom stereocenters. The summed E-state index contributed by atoms with van der Waals surface area (Å²) in [6.07, 6.45) is 2.26. The van der Waals surface area contributed by atoms with Gasteiger partial charge in [-0.05, 0) is 36.5 Å². The van der Waals surface area contributed by atoms with Gasteiger partial charge in [0.1, 0.15) is 5.78 Å². The maximum absolute atomic E-state index is 12.2. The summed E-state index contributed by atoms with van der Waals surface area (Å²) in [5.41, 5.74) is 1.24. The van der Waals surface area contributed by atoms with Gasteiger partial charge in [0.15, 0.2) is 0 Å². The van der Waals surface area contributed by atoms with Crippen LogP contribution in [0.4, 0.5) is 0 Å². The maximum Gasteiger partial charge on any atom is 0.148 e. The molecule has 1 fully saturated rings. The molecular formula is C14H18O2S. The highest BCUT2D eigenvalue weighted by Crippen LogP contribution is 2.25. The normalized spacial score (nSPS) is 22.1. The fraction of sp³-hybridized carbons (Fsp3) is 0.500. The third-order valence-corrected chi connectivity index (χ3v) is 5.04. The van der Waals surface area contributed by atoms with E-state index >= 15 is 0 Å².